The van der Waals surface area contributed by atoms with Crippen molar-refractivity contribution in [3.05, 3.63) is 59.3 Å². The van der Waals surface area contributed by atoms with E-state index in [1.165, 1.54) is 28.8 Å². The maximum Gasteiger partial charge on any atom is 0.573 e. The van der Waals surface area contributed by atoms with Crippen molar-refractivity contribution in [1.29, 1.82) is 0 Å². The van der Waals surface area contributed by atoms with Crippen LogP contribution in [0, 0.1) is 6.92 Å². The third-order valence-electron chi connectivity index (χ3n) is 5.30. The highest BCUT2D eigenvalue weighted by Gasteiger charge is 2.31. The van der Waals surface area contributed by atoms with E-state index in [-0.39, 0.29) is 17.9 Å². The lowest BCUT2D eigenvalue weighted by Gasteiger charge is -2.13. The highest BCUT2D eigenvalue weighted by atomic mass is 19.4. The zero-order chi connectivity index (χ0) is 24.3. The van der Waals surface area contributed by atoms with Gasteiger partial charge in [0.1, 0.15) is 11.5 Å². The van der Waals surface area contributed by atoms with Crippen molar-refractivity contribution in [1.82, 2.24) is 4.57 Å². The number of carbonyl (C=O) groups is 2. The quantitative estimate of drug-likeness (QED) is 0.360. The number of carbonyl (C=O) groups excluding carboxylic acids is 2. The van der Waals surface area contributed by atoms with Gasteiger partial charge in [0.25, 0.3) is 5.91 Å². The summed E-state index contributed by atoms with van der Waals surface area (Å²) in [6.07, 6.45) is -3.24. The fraction of sp³-hybridized carbons (Fsp3) is 0.333. The Hall–Kier alpha value is -3.49. The summed E-state index contributed by atoms with van der Waals surface area (Å²) in [5.74, 6) is -2.13. The van der Waals surface area contributed by atoms with E-state index in [1.807, 2.05) is 6.92 Å². The summed E-state index contributed by atoms with van der Waals surface area (Å²) in [6, 6.07) is 9.02. The lowest BCUT2D eigenvalue weighted by molar-refractivity contribution is -0.274. The second-order valence-corrected chi connectivity index (χ2v) is 7.66. The minimum atomic E-state index is -4.84. The first-order chi connectivity index (χ1) is 15.5. The molecule has 9 heteroatoms. The van der Waals surface area contributed by atoms with E-state index in [0.717, 1.165) is 25.0 Å². The van der Waals surface area contributed by atoms with Crippen molar-refractivity contribution in [2.75, 3.05) is 6.61 Å². The van der Waals surface area contributed by atoms with Crippen molar-refractivity contribution in [3.63, 3.8) is 0 Å². The number of unbranched alkanes of at least 4 members (excludes halogenated alkanes) is 1. The summed E-state index contributed by atoms with van der Waals surface area (Å²) in [7, 11) is 0. The van der Waals surface area contributed by atoms with Gasteiger partial charge < -0.3 is 14.6 Å². The average molecular weight is 463 g/mol. The zero-order valence-corrected chi connectivity index (χ0v) is 18.4. The molecule has 0 bridgehead atoms. The normalized spacial score (nSPS) is 12.5. The number of rotatable bonds is 7. The number of phenols is 1. The van der Waals surface area contributed by atoms with Crippen LogP contribution in [0.4, 0.5) is 13.2 Å². The molecule has 0 radical (unpaired) electrons. The first kappa shape index (κ1) is 24.2. The number of hydrogen-bond acceptors (Lipinski definition) is 5. The minimum absolute atomic E-state index is 0.0337. The number of aromatic nitrogens is 1. The molecule has 33 heavy (non-hydrogen) atoms. The van der Waals surface area contributed by atoms with Crippen molar-refractivity contribution in [3.8, 4) is 11.5 Å². The number of ether oxygens (including phenoxy) is 2. The van der Waals surface area contributed by atoms with Gasteiger partial charge in [-0.25, -0.2) is 0 Å². The van der Waals surface area contributed by atoms with Crippen molar-refractivity contribution >= 4 is 22.8 Å². The third kappa shape index (κ3) is 5.30. The maximum atomic E-state index is 13.3. The van der Waals surface area contributed by atoms with Gasteiger partial charge in [-0.1, -0.05) is 13.3 Å². The molecule has 2 aromatic carbocycles. The van der Waals surface area contributed by atoms with Gasteiger partial charge in [-0.3, -0.25) is 14.2 Å². The number of aromatic hydroxyl groups is 1. The molecule has 0 saturated carbocycles. The Balaban J connectivity index is 2.02. The van der Waals surface area contributed by atoms with Crippen LogP contribution in [0.1, 0.15) is 54.2 Å². The lowest BCUT2D eigenvalue weighted by Crippen LogP contribution is -2.18. The predicted octanol–water partition coefficient (Wildman–Crippen LogP) is 5.69. The van der Waals surface area contributed by atoms with Gasteiger partial charge in [-0.05, 0) is 68.3 Å². The highest BCUT2D eigenvalue weighted by molar-refractivity contribution is 6.05. The number of halogens is 3. The molecule has 0 fully saturated rings. The SMILES string of the molecule is CCCCOC(=O)C(C)c1c(C)n(C(=O)c2ccc(OC(F)(F)F)cc2)c2ccc(O)cc12. The van der Waals surface area contributed by atoms with Crippen LogP contribution < -0.4 is 4.74 Å². The number of fused-ring (bicyclic) bond motifs is 1. The van der Waals surface area contributed by atoms with Crippen LogP contribution in [0.25, 0.3) is 10.9 Å². The molecule has 0 saturated heterocycles. The van der Waals surface area contributed by atoms with Crippen LogP contribution in [0.5, 0.6) is 11.5 Å². The van der Waals surface area contributed by atoms with E-state index in [4.69, 9.17) is 4.74 Å². The Morgan fingerprint density at radius 1 is 1.12 bits per heavy atom. The first-order valence-corrected chi connectivity index (χ1v) is 10.4. The molecule has 1 N–H and O–H groups in total. The Labute approximate surface area is 188 Å². The Morgan fingerprint density at radius 3 is 2.39 bits per heavy atom. The molecule has 176 valence electrons. The Bertz CT molecular complexity index is 1170. The maximum absolute atomic E-state index is 13.3. The molecule has 3 aromatic rings. The van der Waals surface area contributed by atoms with Crippen LogP contribution >= 0.6 is 0 Å². The molecule has 1 unspecified atom stereocenters. The molecule has 1 atom stereocenters. The van der Waals surface area contributed by atoms with E-state index < -0.39 is 29.9 Å². The number of hydrogen-bond donors (Lipinski definition) is 1. The summed E-state index contributed by atoms with van der Waals surface area (Å²) in [5, 5.41) is 10.5. The van der Waals surface area contributed by atoms with Gasteiger partial charge in [0.2, 0.25) is 0 Å². The van der Waals surface area contributed by atoms with E-state index in [0.29, 0.717) is 22.2 Å². The molecular weight excluding hydrogens is 439 g/mol. The topological polar surface area (TPSA) is 77.8 Å². The summed E-state index contributed by atoms with van der Waals surface area (Å²) >= 11 is 0. The van der Waals surface area contributed by atoms with Gasteiger partial charge in [0.05, 0.1) is 18.0 Å². The minimum Gasteiger partial charge on any atom is -0.508 e. The van der Waals surface area contributed by atoms with Gasteiger partial charge in [-0.2, -0.15) is 0 Å². The third-order valence-corrected chi connectivity index (χ3v) is 5.30. The number of benzene rings is 2. The second-order valence-electron chi connectivity index (χ2n) is 7.66. The summed E-state index contributed by atoms with van der Waals surface area (Å²) < 4.78 is 47.8. The fourth-order valence-corrected chi connectivity index (χ4v) is 3.73. The summed E-state index contributed by atoms with van der Waals surface area (Å²) in [4.78, 5) is 25.9. The molecule has 6 nitrogen and oxygen atoms in total. The molecule has 1 aromatic heterocycles. The fourth-order valence-electron chi connectivity index (χ4n) is 3.73. The molecule has 3 rings (SSSR count). The first-order valence-electron chi connectivity index (χ1n) is 10.4. The van der Waals surface area contributed by atoms with Crippen LogP contribution in [0.15, 0.2) is 42.5 Å². The molecule has 0 aliphatic carbocycles. The van der Waals surface area contributed by atoms with Crippen LogP contribution in [-0.2, 0) is 9.53 Å². The van der Waals surface area contributed by atoms with Crippen LogP contribution in [-0.4, -0.2) is 34.5 Å². The van der Waals surface area contributed by atoms with Crippen molar-refractivity contribution in [2.45, 2.75) is 45.9 Å². The zero-order valence-electron chi connectivity index (χ0n) is 18.4. The molecule has 0 aliphatic rings. The van der Waals surface area contributed by atoms with Crippen LogP contribution in [0.3, 0.4) is 0 Å². The van der Waals surface area contributed by atoms with Gasteiger partial charge in [0.15, 0.2) is 0 Å². The molecule has 0 aliphatic heterocycles. The van der Waals surface area contributed by atoms with Gasteiger partial charge in [-0.15, -0.1) is 13.2 Å². The largest absolute Gasteiger partial charge is 0.573 e. The number of esters is 1. The van der Waals surface area contributed by atoms with E-state index in [9.17, 15) is 27.9 Å². The van der Waals surface area contributed by atoms with Crippen molar-refractivity contribution < 1.29 is 37.3 Å². The smallest absolute Gasteiger partial charge is 0.508 e. The monoisotopic (exact) mass is 463 g/mol. The lowest BCUT2D eigenvalue weighted by atomic mass is 9.98. The average Bonchev–Trinajstić information content (AvgIpc) is 3.03. The predicted molar refractivity (Wildman–Crippen MR) is 115 cm³/mol. The molecule has 0 spiro atoms. The van der Waals surface area contributed by atoms with Crippen LogP contribution in [0.2, 0.25) is 0 Å². The highest BCUT2D eigenvalue weighted by Crippen LogP contribution is 2.35. The summed E-state index contributed by atoms with van der Waals surface area (Å²) in [6.45, 7) is 5.60. The number of alkyl halides is 3. The standard InChI is InChI=1S/C24H24F3NO5/c1-4-5-12-32-23(31)14(2)21-15(3)28(20-11-8-17(29)13-19(20)21)22(30)16-6-9-18(10-7-16)33-24(25,26)27/h6-11,13-14,29H,4-5,12H2,1-3H3. The number of phenolic OH excluding ortho intramolecular Hbond substituents is 1. The van der Waals surface area contributed by atoms with Crippen molar-refractivity contribution in [2.24, 2.45) is 0 Å². The number of nitrogens with zero attached hydrogens (tertiary/aromatic N) is 1. The Morgan fingerprint density at radius 2 is 1.79 bits per heavy atom. The second kappa shape index (κ2) is 9.56. The van der Waals surface area contributed by atoms with Gasteiger partial charge in [0, 0.05) is 16.6 Å². The molecule has 0 amide bonds. The van der Waals surface area contributed by atoms with E-state index in [2.05, 4.69) is 4.74 Å². The van der Waals surface area contributed by atoms with E-state index >= 15 is 0 Å². The van der Waals surface area contributed by atoms with Gasteiger partial charge >= 0.3 is 12.3 Å². The molecule has 1 heterocycles. The Kier molecular flexibility index (Phi) is 7.00. The summed E-state index contributed by atoms with van der Waals surface area (Å²) in [5.41, 5.74) is 1.58. The van der Waals surface area contributed by atoms with E-state index in [1.54, 1.807) is 19.9 Å². The molecular formula is C24H24F3NO5.